The SMILES string of the molecule is CSCCCNC(=O)CCCCCl. The highest BCUT2D eigenvalue weighted by Crippen LogP contribution is 1.97. The standard InChI is InChI=1S/C9H18ClNOS/c1-13-8-4-7-11-9(12)5-2-3-6-10/h2-8H2,1H3,(H,11,12). The van der Waals surface area contributed by atoms with Crippen molar-refractivity contribution in [2.45, 2.75) is 25.7 Å². The zero-order valence-corrected chi connectivity index (χ0v) is 9.72. The molecule has 0 aromatic carbocycles. The molecule has 0 saturated carbocycles. The lowest BCUT2D eigenvalue weighted by Crippen LogP contribution is -2.24. The van der Waals surface area contributed by atoms with E-state index >= 15 is 0 Å². The van der Waals surface area contributed by atoms with Crippen LogP contribution in [0.4, 0.5) is 0 Å². The summed E-state index contributed by atoms with van der Waals surface area (Å²) in [4.78, 5) is 11.1. The molecule has 1 N–H and O–H groups in total. The monoisotopic (exact) mass is 223 g/mol. The number of carbonyl (C=O) groups is 1. The first-order valence-corrected chi connectivity index (χ1v) is 6.55. The number of alkyl halides is 1. The van der Waals surface area contributed by atoms with Crippen molar-refractivity contribution in [1.82, 2.24) is 5.32 Å². The van der Waals surface area contributed by atoms with Crippen LogP contribution in [0.15, 0.2) is 0 Å². The fraction of sp³-hybridized carbons (Fsp3) is 0.889. The topological polar surface area (TPSA) is 29.1 Å². The predicted octanol–water partition coefficient (Wildman–Crippen LogP) is 2.26. The van der Waals surface area contributed by atoms with E-state index in [1.54, 1.807) is 11.8 Å². The van der Waals surface area contributed by atoms with Crippen LogP contribution in [-0.2, 0) is 4.79 Å². The van der Waals surface area contributed by atoms with Gasteiger partial charge in [-0.05, 0) is 31.3 Å². The van der Waals surface area contributed by atoms with E-state index in [-0.39, 0.29) is 5.91 Å². The lowest BCUT2D eigenvalue weighted by Gasteiger charge is -2.03. The van der Waals surface area contributed by atoms with Gasteiger partial charge in [0.15, 0.2) is 0 Å². The van der Waals surface area contributed by atoms with Gasteiger partial charge in [-0.1, -0.05) is 0 Å². The maximum atomic E-state index is 11.1. The Morgan fingerprint density at radius 1 is 1.38 bits per heavy atom. The van der Waals surface area contributed by atoms with Gasteiger partial charge in [0.1, 0.15) is 0 Å². The van der Waals surface area contributed by atoms with E-state index in [9.17, 15) is 4.79 Å². The van der Waals surface area contributed by atoms with E-state index < -0.39 is 0 Å². The second kappa shape index (κ2) is 10.2. The van der Waals surface area contributed by atoms with Gasteiger partial charge in [-0.3, -0.25) is 4.79 Å². The van der Waals surface area contributed by atoms with Crippen LogP contribution in [0.2, 0.25) is 0 Å². The van der Waals surface area contributed by atoms with E-state index in [1.807, 2.05) is 0 Å². The molecule has 0 atom stereocenters. The van der Waals surface area contributed by atoms with Crippen molar-refractivity contribution in [3.63, 3.8) is 0 Å². The van der Waals surface area contributed by atoms with Gasteiger partial charge in [-0.2, -0.15) is 11.8 Å². The zero-order valence-electron chi connectivity index (χ0n) is 8.14. The molecular weight excluding hydrogens is 206 g/mol. The summed E-state index contributed by atoms with van der Waals surface area (Å²) < 4.78 is 0. The van der Waals surface area contributed by atoms with E-state index in [0.29, 0.717) is 12.3 Å². The minimum atomic E-state index is 0.159. The first-order valence-electron chi connectivity index (χ1n) is 4.63. The highest BCUT2D eigenvalue weighted by Gasteiger charge is 1.98. The number of carbonyl (C=O) groups excluding carboxylic acids is 1. The molecule has 2 nitrogen and oxygen atoms in total. The minimum Gasteiger partial charge on any atom is -0.356 e. The Balaban J connectivity index is 3.11. The molecule has 0 aromatic heterocycles. The molecule has 78 valence electrons. The molecule has 0 aromatic rings. The van der Waals surface area contributed by atoms with Crippen molar-refractivity contribution < 1.29 is 4.79 Å². The van der Waals surface area contributed by atoms with Crippen LogP contribution in [0.1, 0.15) is 25.7 Å². The normalized spacial score (nSPS) is 10.0. The van der Waals surface area contributed by atoms with Crippen LogP contribution in [0.5, 0.6) is 0 Å². The van der Waals surface area contributed by atoms with Gasteiger partial charge in [-0.15, -0.1) is 11.6 Å². The number of nitrogens with one attached hydrogen (secondary N) is 1. The molecule has 0 rings (SSSR count). The first kappa shape index (κ1) is 13.1. The molecule has 0 heterocycles. The van der Waals surface area contributed by atoms with Crippen LogP contribution in [0, 0.1) is 0 Å². The largest absolute Gasteiger partial charge is 0.356 e. The number of amides is 1. The third-order valence-corrected chi connectivity index (χ3v) is 2.60. The average Bonchev–Trinajstić information content (AvgIpc) is 2.13. The van der Waals surface area contributed by atoms with Gasteiger partial charge in [0.2, 0.25) is 5.91 Å². The molecule has 0 radical (unpaired) electrons. The molecule has 0 spiro atoms. The van der Waals surface area contributed by atoms with Gasteiger partial charge >= 0.3 is 0 Å². The quantitative estimate of drug-likeness (QED) is 0.505. The van der Waals surface area contributed by atoms with Crippen LogP contribution >= 0.6 is 23.4 Å². The van der Waals surface area contributed by atoms with Crippen molar-refractivity contribution in [3.8, 4) is 0 Å². The van der Waals surface area contributed by atoms with Crippen LogP contribution in [0.25, 0.3) is 0 Å². The third-order valence-electron chi connectivity index (χ3n) is 1.63. The van der Waals surface area contributed by atoms with Crippen molar-refractivity contribution in [2.24, 2.45) is 0 Å². The maximum Gasteiger partial charge on any atom is 0.219 e. The van der Waals surface area contributed by atoms with Crippen molar-refractivity contribution >= 4 is 29.3 Å². The van der Waals surface area contributed by atoms with E-state index in [1.165, 1.54) is 0 Å². The Hall–Kier alpha value is 0.110. The Morgan fingerprint density at radius 3 is 2.77 bits per heavy atom. The van der Waals surface area contributed by atoms with Crippen molar-refractivity contribution in [3.05, 3.63) is 0 Å². The maximum absolute atomic E-state index is 11.1. The van der Waals surface area contributed by atoms with Crippen LogP contribution in [0.3, 0.4) is 0 Å². The molecule has 0 fully saturated rings. The highest BCUT2D eigenvalue weighted by atomic mass is 35.5. The number of hydrogen-bond donors (Lipinski definition) is 1. The van der Waals surface area contributed by atoms with Gasteiger partial charge in [-0.25, -0.2) is 0 Å². The second-order valence-corrected chi connectivity index (χ2v) is 4.21. The Morgan fingerprint density at radius 2 is 2.15 bits per heavy atom. The summed E-state index contributed by atoms with van der Waals surface area (Å²) >= 11 is 7.30. The molecule has 0 saturated heterocycles. The Labute approximate surface area is 89.8 Å². The summed E-state index contributed by atoms with van der Waals surface area (Å²) in [6.07, 6.45) is 5.58. The number of halogens is 1. The van der Waals surface area contributed by atoms with Crippen LogP contribution in [-0.4, -0.2) is 30.3 Å². The summed E-state index contributed by atoms with van der Waals surface area (Å²) in [7, 11) is 0. The number of unbranched alkanes of at least 4 members (excludes halogenated alkanes) is 1. The van der Waals surface area contributed by atoms with Crippen LogP contribution < -0.4 is 5.32 Å². The summed E-state index contributed by atoms with van der Waals surface area (Å²) in [6, 6.07) is 0. The van der Waals surface area contributed by atoms with Gasteiger partial charge < -0.3 is 5.32 Å². The predicted molar refractivity (Wildman–Crippen MR) is 60.6 cm³/mol. The van der Waals surface area contributed by atoms with Gasteiger partial charge in [0.05, 0.1) is 0 Å². The molecule has 0 unspecified atom stereocenters. The highest BCUT2D eigenvalue weighted by molar-refractivity contribution is 7.98. The Kier molecular flexibility index (Phi) is 10.3. The summed E-state index contributed by atoms with van der Waals surface area (Å²) in [5.41, 5.74) is 0. The molecular formula is C9H18ClNOS. The summed E-state index contributed by atoms with van der Waals surface area (Å²) in [5, 5.41) is 2.88. The summed E-state index contributed by atoms with van der Waals surface area (Å²) in [6.45, 7) is 0.806. The molecule has 0 aliphatic carbocycles. The van der Waals surface area contributed by atoms with Gasteiger partial charge in [0.25, 0.3) is 0 Å². The van der Waals surface area contributed by atoms with E-state index in [2.05, 4.69) is 11.6 Å². The molecule has 4 heteroatoms. The molecule has 0 aliphatic rings. The molecule has 0 aliphatic heterocycles. The first-order chi connectivity index (χ1) is 6.31. The molecule has 13 heavy (non-hydrogen) atoms. The molecule has 0 bridgehead atoms. The Bertz CT molecular complexity index is 133. The smallest absolute Gasteiger partial charge is 0.219 e. The fourth-order valence-electron chi connectivity index (χ4n) is 0.913. The lowest BCUT2D eigenvalue weighted by atomic mass is 10.2. The number of hydrogen-bond acceptors (Lipinski definition) is 2. The van der Waals surface area contributed by atoms with Crippen molar-refractivity contribution in [1.29, 1.82) is 0 Å². The van der Waals surface area contributed by atoms with Crippen molar-refractivity contribution in [2.75, 3.05) is 24.4 Å². The minimum absolute atomic E-state index is 0.159. The summed E-state index contributed by atoms with van der Waals surface area (Å²) in [5.74, 6) is 1.92. The number of thioether (sulfide) groups is 1. The fourth-order valence-corrected chi connectivity index (χ4v) is 1.53. The molecule has 1 amide bonds. The number of rotatable bonds is 8. The van der Waals surface area contributed by atoms with Gasteiger partial charge in [0, 0.05) is 18.8 Å². The third kappa shape index (κ3) is 10.0. The zero-order chi connectivity index (χ0) is 9.94. The van der Waals surface area contributed by atoms with E-state index in [0.717, 1.165) is 31.6 Å². The second-order valence-electron chi connectivity index (χ2n) is 2.84. The van der Waals surface area contributed by atoms with E-state index in [4.69, 9.17) is 11.6 Å². The average molecular weight is 224 g/mol. The lowest BCUT2D eigenvalue weighted by molar-refractivity contribution is -0.121.